The molecule has 0 aliphatic carbocycles. The van der Waals surface area contributed by atoms with E-state index in [2.05, 4.69) is 16.8 Å². The highest BCUT2D eigenvalue weighted by atomic mass is 16.7. The average molecular weight is 212 g/mol. The predicted molar refractivity (Wildman–Crippen MR) is 54.9 cm³/mol. The minimum absolute atomic E-state index is 0.291. The van der Waals surface area contributed by atoms with Crippen LogP contribution in [0.5, 0.6) is 5.88 Å². The Balaban J connectivity index is 2.62. The van der Waals surface area contributed by atoms with Gasteiger partial charge in [-0.2, -0.15) is 0 Å². The van der Waals surface area contributed by atoms with Crippen LogP contribution in [0, 0.1) is 0 Å². The molecule has 15 heavy (non-hydrogen) atoms. The predicted octanol–water partition coefficient (Wildman–Crippen LogP) is 1.91. The number of ether oxygens (including phenoxy) is 2. The van der Waals surface area contributed by atoms with E-state index in [9.17, 15) is 4.79 Å². The number of carbonyl (C=O) groups is 1. The largest absolute Gasteiger partial charge is 0.515 e. The third-order valence-electron chi connectivity index (χ3n) is 1.91. The Bertz CT molecular complexity index is 333. The van der Waals surface area contributed by atoms with Crippen LogP contribution in [0.1, 0.15) is 26.0 Å². The molecule has 0 atom stereocenters. The smallest absolute Gasteiger partial charge is 0.434 e. The van der Waals surface area contributed by atoms with Gasteiger partial charge in [-0.05, 0) is 13.3 Å². The van der Waals surface area contributed by atoms with Crippen molar-refractivity contribution in [3.05, 3.63) is 11.8 Å². The minimum atomic E-state index is -0.710. The van der Waals surface area contributed by atoms with Gasteiger partial charge in [-0.1, -0.05) is 13.3 Å². The molecule has 0 aliphatic heterocycles. The summed E-state index contributed by atoms with van der Waals surface area (Å²) in [5, 5.41) is 4.05. The number of hydrogen-bond donors (Lipinski definition) is 0. The number of carbonyl (C=O) groups excluding carboxylic acids is 1. The van der Waals surface area contributed by atoms with E-state index in [1.165, 1.54) is 0 Å². The molecule has 0 aromatic carbocycles. The summed E-state index contributed by atoms with van der Waals surface area (Å²) in [7, 11) is 1.82. The molecule has 1 aromatic rings. The lowest BCUT2D eigenvalue weighted by molar-refractivity contribution is 0.102. The van der Waals surface area contributed by atoms with Crippen LogP contribution in [0.3, 0.4) is 0 Å². The van der Waals surface area contributed by atoms with Crippen LogP contribution in [0.4, 0.5) is 4.79 Å². The van der Waals surface area contributed by atoms with Crippen molar-refractivity contribution in [3.8, 4) is 5.88 Å². The van der Waals surface area contributed by atoms with E-state index in [1.807, 2.05) is 7.05 Å². The van der Waals surface area contributed by atoms with Crippen LogP contribution in [0.15, 0.2) is 6.07 Å². The van der Waals surface area contributed by atoms with Crippen LogP contribution >= 0.6 is 0 Å². The van der Waals surface area contributed by atoms with E-state index in [4.69, 9.17) is 4.74 Å². The molecule has 0 spiro atoms. The standard InChI is InChI=1S/C10H16N2O3/c1-4-6-8-7-9(11-12(8)3)15-10(13)14-5-2/h7H,4-6H2,1-3H3. The third kappa shape index (κ3) is 3.27. The Labute approximate surface area is 89.0 Å². The Morgan fingerprint density at radius 1 is 1.53 bits per heavy atom. The molecule has 1 heterocycles. The van der Waals surface area contributed by atoms with Crippen LogP contribution < -0.4 is 4.74 Å². The van der Waals surface area contributed by atoms with Gasteiger partial charge < -0.3 is 9.47 Å². The van der Waals surface area contributed by atoms with Crippen molar-refractivity contribution in [1.29, 1.82) is 0 Å². The fourth-order valence-corrected chi connectivity index (χ4v) is 1.25. The number of nitrogens with zero attached hydrogens (tertiary/aromatic N) is 2. The van der Waals surface area contributed by atoms with Crippen molar-refractivity contribution in [2.24, 2.45) is 7.05 Å². The zero-order chi connectivity index (χ0) is 11.3. The SMILES string of the molecule is CCCc1cc(OC(=O)OCC)nn1C. The van der Waals surface area contributed by atoms with Gasteiger partial charge in [0.2, 0.25) is 5.88 Å². The summed E-state index contributed by atoms with van der Waals surface area (Å²) in [4.78, 5) is 11.0. The Morgan fingerprint density at radius 3 is 2.87 bits per heavy atom. The summed E-state index contributed by atoms with van der Waals surface area (Å²) >= 11 is 0. The summed E-state index contributed by atoms with van der Waals surface area (Å²) in [6.07, 6.45) is 1.23. The van der Waals surface area contributed by atoms with E-state index in [1.54, 1.807) is 17.7 Å². The molecule has 0 fully saturated rings. The number of aryl methyl sites for hydroxylation is 2. The lowest BCUT2D eigenvalue weighted by Gasteiger charge is -1.98. The first kappa shape index (κ1) is 11.6. The van der Waals surface area contributed by atoms with Crippen LogP contribution in [-0.4, -0.2) is 22.5 Å². The van der Waals surface area contributed by atoms with Gasteiger partial charge in [0.05, 0.1) is 6.61 Å². The molecule has 0 aliphatic rings. The molecule has 0 unspecified atom stereocenters. The highest BCUT2D eigenvalue weighted by Crippen LogP contribution is 2.12. The lowest BCUT2D eigenvalue weighted by Crippen LogP contribution is -2.10. The molecule has 0 saturated heterocycles. The van der Waals surface area contributed by atoms with Crippen molar-refractivity contribution in [3.63, 3.8) is 0 Å². The molecule has 1 rings (SSSR count). The highest BCUT2D eigenvalue weighted by molar-refractivity contribution is 5.62. The first-order valence-electron chi connectivity index (χ1n) is 5.04. The fourth-order valence-electron chi connectivity index (χ4n) is 1.25. The Kier molecular flexibility index (Phi) is 4.15. The quantitative estimate of drug-likeness (QED) is 0.715. The van der Waals surface area contributed by atoms with Crippen LogP contribution in [0.2, 0.25) is 0 Å². The van der Waals surface area contributed by atoms with E-state index < -0.39 is 6.16 Å². The molecule has 1 aromatic heterocycles. The molecule has 0 saturated carbocycles. The van der Waals surface area contributed by atoms with E-state index in [0.717, 1.165) is 18.5 Å². The Hall–Kier alpha value is -1.52. The van der Waals surface area contributed by atoms with Gasteiger partial charge in [0.1, 0.15) is 0 Å². The molecular formula is C10H16N2O3. The fraction of sp³-hybridized carbons (Fsp3) is 0.600. The normalized spacial score (nSPS) is 10.1. The monoisotopic (exact) mass is 212 g/mol. The minimum Gasteiger partial charge on any atom is -0.434 e. The van der Waals surface area contributed by atoms with Crippen LogP contribution in [0.25, 0.3) is 0 Å². The third-order valence-corrected chi connectivity index (χ3v) is 1.91. The van der Waals surface area contributed by atoms with E-state index in [-0.39, 0.29) is 0 Å². The summed E-state index contributed by atoms with van der Waals surface area (Å²) in [6.45, 7) is 4.11. The summed E-state index contributed by atoms with van der Waals surface area (Å²) in [5.74, 6) is 0.291. The van der Waals surface area contributed by atoms with Crippen molar-refractivity contribution in [2.45, 2.75) is 26.7 Å². The highest BCUT2D eigenvalue weighted by Gasteiger charge is 2.10. The number of aromatic nitrogens is 2. The second-order valence-corrected chi connectivity index (χ2v) is 3.13. The van der Waals surface area contributed by atoms with E-state index >= 15 is 0 Å². The number of hydrogen-bond acceptors (Lipinski definition) is 4. The topological polar surface area (TPSA) is 53.4 Å². The van der Waals surface area contributed by atoms with Crippen molar-refractivity contribution in [2.75, 3.05) is 6.61 Å². The molecule has 0 bridgehead atoms. The molecule has 5 heteroatoms. The zero-order valence-corrected chi connectivity index (χ0v) is 9.32. The maximum absolute atomic E-state index is 11.0. The van der Waals surface area contributed by atoms with Gasteiger partial charge in [-0.25, -0.2) is 4.79 Å². The number of rotatable bonds is 4. The molecule has 5 nitrogen and oxygen atoms in total. The molecule has 0 radical (unpaired) electrons. The van der Waals surface area contributed by atoms with Gasteiger partial charge in [-0.15, -0.1) is 5.10 Å². The lowest BCUT2D eigenvalue weighted by atomic mass is 10.2. The molecular weight excluding hydrogens is 196 g/mol. The zero-order valence-electron chi connectivity index (χ0n) is 9.32. The van der Waals surface area contributed by atoms with Gasteiger partial charge in [0.25, 0.3) is 0 Å². The average Bonchev–Trinajstić information content (AvgIpc) is 2.48. The Morgan fingerprint density at radius 2 is 2.27 bits per heavy atom. The van der Waals surface area contributed by atoms with Gasteiger partial charge in [0.15, 0.2) is 0 Å². The van der Waals surface area contributed by atoms with Crippen molar-refractivity contribution in [1.82, 2.24) is 9.78 Å². The molecule has 0 N–H and O–H groups in total. The maximum atomic E-state index is 11.0. The molecule has 0 amide bonds. The first-order chi connectivity index (χ1) is 7.17. The van der Waals surface area contributed by atoms with Crippen molar-refractivity contribution >= 4 is 6.16 Å². The van der Waals surface area contributed by atoms with E-state index in [0.29, 0.717) is 12.5 Å². The molecule has 84 valence electrons. The first-order valence-corrected chi connectivity index (χ1v) is 5.04. The maximum Gasteiger partial charge on any atom is 0.515 e. The van der Waals surface area contributed by atoms with Gasteiger partial charge in [0, 0.05) is 18.8 Å². The summed E-state index contributed by atoms with van der Waals surface area (Å²) in [5.41, 5.74) is 1.04. The van der Waals surface area contributed by atoms with Gasteiger partial charge in [-0.3, -0.25) is 4.68 Å². The summed E-state index contributed by atoms with van der Waals surface area (Å²) in [6, 6.07) is 1.75. The van der Waals surface area contributed by atoms with Crippen molar-refractivity contribution < 1.29 is 14.3 Å². The second kappa shape index (κ2) is 5.38. The second-order valence-electron chi connectivity index (χ2n) is 3.13. The van der Waals surface area contributed by atoms with Gasteiger partial charge >= 0.3 is 6.16 Å². The van der Waals surface area contributed by atoms with Crippen LogP contribution in [-0.2, 0) is 18.2 Å². The summed E-state index contributed by atoms with van der Waals surface area (Å²) < 4.78 is 11.2.